The van der Waals surface area contributed by atoms with E-state index in [1.807, 2.05) is 70.0 Å². The van der Waals surface area contributed by atoms with Gasteiger partial charge in [0.25, 0.3) is 0 Å². The molecule has 1 aromatic carbocycles. The van der Waals surface area contributed by atoms with Gasteiger partial charge in [-0.15, -0.1) is 0 Å². The normalized spacial score (nSPS) is 13.8. The van der Waals surface area contributed by atoms with Gasteiger partial charge in [-0.25, -0.2) is 0 Å². The number of ether oxygens (including phenoxy) is 1. The van der Waals surface area contributed by atoms with E-state index in [0.717, 1.165) is 29.8 Å². The topological polar surface area (TPSA) is 54.8 Å². The number of carbonyl (C=O) groups excluding carboxylic acids is 2. The van der Waals surface area contributed by atoms with Crippen molar-refractivity contribution >= 4 is 11.8 Å². The smallest absolute Gasteiger partial charge is 0.242 e. The predicted octanol–water partition coefficient (Wildman–Crippen LogP) is 4.32. The molecule has 0 aliphatic heterocycles. The highest BCUT2D eigenvalue weighted by Gasteiger charge is 2.37. The van der Waals surface area contributed by atoms with Crippen LogP contribution in [0.25, 0.3) is 0 Å². The zero-order valence-electron chi connectivity index (χ0n) is 20.3. The van der Waals surface area contributed by atoms with Crippen LogP contribution in [0.4, 0.5) is 0 Å². The third-order valence-corrected chi connectivity index (χ3v) is 5.98. The average Bonchev–Trinajstić information content (AvgIpc) is 3.49. The summed E-state index contributed by atoms with van der Waals surface area (Å²) in [6, 6.07) is 12.1. The van der Waals surface area contributed by atoms with Crippen LogP contribution in [0.15, 0.2) is 42.6 Å². The molecule has 6 nitrogen and oxygen atoms in total. The van der Waals surface area contributed by atoms with Crippen LogP contribution in [0.3, 0.4) is 0 Å². The molecule has 3 rings (SSSR count). The van der Waals surface area contributed by atoms with Crippen LogP contribution in [-0.4, -0.2) is 51.4 Å². The molecule has 174 valence electrons. The lowest BCUT2D eigenvalue weighted by Crippen LogP contribution is -2.51. The predicted molar refractivity (Wildman–Crippen MR) is 126 cm³/mol. The second-order valence-corrected chi connectivity index (χ2v) is 9.96. The monoisotopic (exact) mass is 439 g/mol. The molecule has 6 heteroatoms. The third kappa shape index (κ3) is 5.93. The number of hydrogen-bond acceptors (Lipinski definition) is 3. The van der Waals surface area contributed by atoms with Gasteiger partial charge in [0.2, 0.25) is 11.8 Å². The van der Waals surface area contributed by atoms with E-state index in [1.54, 1.807) is 12.0 Å². The van der Waals surface area contributed by atoms with Crippen molar-refractivity contribution < 1.29 is 14.3 Å². The van der Waals surface area contributed by atoms with E-state index in [-0.39, 0.29) is 35.9 Å². The maximum absolute atomic E-state index is 13.4. The van der Waals surface area contributed by atoms with Crippen molar-refractivity contribution in [1.29, 1.82) is 0 Å². The molecule has 0 N–H and O–H groups in total. The Kier molecular flexibility index (Phi) is 7.32. The molecular formula is C26H37N3O3. The van der Waals surface area contributed by atoms with Crippen LogP contribution in [0.5, 0.6) is 5.75 Å². The SMILES string of the molecule is COc1cccc(Cn2cccc2CN(C(=O)CN(C(=O)C2CC2)C(C)C)C(C)(C)C)c1. The Morgan fingerprint density at radius 1 is 1.16 bits per heavy atom. The van der Waals surface area contributed by atoms with E-state index in [1.165, 1.54) is 0 Å². The molecular weight excluding hydrogens is 402 g/mol. The number of methoxy groups -OCH3 is 1. The van der Waals surface area contributed by atoms with Gasteiger partial charge in [-0.1, -0.05) is 12.1 Å². The summed E-state index contributed by atoms with van der Waals surface area (Å²) in [5.41, 5.74) is 1.82. The molecule has 1 saturated carbocycles. The molecule has 0 saturated heterocycles. The van der Waals surface area contributed by atoms with Crippen molar-refractivity contribution in [2.75, 3.05) is 13.7 Å². The zero-order valence-corrected chi connectivity index (χ0v) is 20.3. The third-order valence-electron chi connectivity index (χ3n) is 5.98. The maximum atomic E-state index is 13.4. The molecule has 2 aromatic rings. The van der Waals surface area contributed by atoms with Crippen molar-refractivity contribution in [3.05, 3.63) is 53.9 Å². The second-order valence-electron chi connectivity index (χ2n) is 9.96. The number of benzene rings is 1. The van der Waals surface area contributed by atoms with Crippen LogP contribution in [0.2, 0.25) is 0 Å². The van der Waals surface area contributed by atoms with Crippen molar-refractivity contribution in [2.24, 2.45) is 5.92 Å². The molecule has 0 unspecified atom stereocenters. The van der Waals surface area contributed by atoms with E-state index in [2.05, 4.69) is 16.7 Å². The van der Waals surface area contributed by atoms with Crippen LogP contribution < -0.4 is 4.74 Å². The van der Waals surface area contributed by atoms with Gasteiger partial charge < -0.3 is 19.1 Å². The number of aromatic nitrogens is 1. The Morgan fingerprint density at radius 3 is 2.47 bits per heavy atom. The summed E-state index contributed by atoms with van der Waals surface area (Å²) in [4.78, 5) is 29.8. The molecule has 1 aromatic heterocycles. The minimum atomic E-state index is -0.368. The summed E-state index contributed by atoms with van der Waals surface area (Å²) in [7, 11) is 1.67. The molecule has 1 aliphatic rings. The Morgan fingerprint density at radius 2 is 1.88 bits per heavy atom. The summed E-state index contributed by atoms with van der Waals surface area (Å²) in [5.74, 6) is 1.03. The summed E-state index contributed by atoms with van der Waals surface area (Å²) in [6.07, 6.45) is 3.92. The van der Waals surface area contributed by atoms with Gasteiger partial charge in [0.1, 0.15) is 12.3 Å². The Balaban J connectivity index is 1.77. The number of carbonyl (C=O) groups is 2. The van der Waals surface area contributed by atoms with Gasteiger partial charge in [0, 0.05) is 35.9 Å². The molecule has 0 bridgehead atoms. The average molecular weight is 440 g/mol. The first kappa shape index (κ1) is 23.9. The van der Waals surface area contributed by atoms with E-state index in [0.29, 0.717) is 13.1 Å². The van der Waals surface area contributed by atoms with Gasteiger partial charge >= 0.3 is 0 Å². The molecule has 32 heavy (non-hydrogen) atoms. The number of nitrogens with zero attached hydrogens (tertiary/aromatic N) is 3. The quantitative estimate of drug-likeness (QED) is 0.585. The molecule has 1 aliphatic carbocycles. The van der Waals surface area contributed by atoms with Crippen molar-refractivity contribution in [2.45, 2.75) is 72.1 Å². The van der Waals surface area contributed by atoms with E-state index in [4.69, 9.17) is 4.74 Å². The van der Waals surface area contributed by atoms with Crippen molar-refractivity contribution in [3.8, 4) is 5.75 Å². The van der Waals surface area contributed by atoms with Gasteiger partial charge in [-0.3, -0.25) is 9.59 Å². The van der Waals surface area contributed by atoms with Crippen molar-refractivity contribution in [1.82, 2.24) is 14.4 Å². The molecule has 1 heterocycles. The number of hydrogen-bond donors (Lipinski definition) is 0. The summed E-state index contributed by atoms with van der Waals surface area (Å²) in [6.45, 7) is 11.4. The molecule has 0 spiro atoms. The van der Waals surface area contributed by atoms with Gasteiger partial charge in [-0.2, -0.15) is 0 Å². The number of amides is 2. The van der Waals surface area contributed by atoms with Gasteiger partial charge in [0.05, 0.1) is 13.7 Å². The minimum Gasteiger partial charge on any atom is -0.497 e. The van der Waals surface area contributed by atoms with Gasteiger partial charge in [0.15, 0.2) is 0 Å². The lowest BCUT2D eigenvalue weighted by atomic mass is 10.0. The fourth-order valence-corrected chi connectivity index (χ4v) is 3.89. The first-order valence-electron chi connectivity index (χ1n) is 11.5. The minimum absolute atomic E-state index is 0.00536. The molecule has 0 atom stereocenters. The summed E-state index contributed by atoms with van der Waals surface area (Å²) < 4.78 is 7.51. The van der Waals surface area contributed by atoms with Crippen LogP contribution in [0, 0.1) is 5.92 Å². The lowest BCUT2D eigenvalue weighted by Gasteiger charge is -2.38. The van der Waals surface area contributed by atoms with Crippen LogP contribution in [0.1, 0.15) is 58.7 Å². The van der Waals surface area contributed by atoms with Crippen molar-refractivity contribution in [3.63, 3.8) is 0 Å². The van der Waals surface area contributed by atoms with Crippen LogP contribution in [-0.2, 0) is 22.7 Å². The first-order valence-corrected chi connectivity index (χ1v) is 11.5. The Hall–Kier alpha value is -2.76. The highest BCUT2D eigenvalue weighted by molar-refractivity contribution is 5.87. The Bertz CT molecular complexity index is 938. The highest BCUT2D eigenvalue weighted by Crippen LogP contribution is 2.32. The van der Waals surface area contributed by atoms with E-state index in [9.17, 15) is 9.59 Å². The summed E-state index contributed by atoms with van der Waals surface area (Å²) >= 11 is 0. The second kappa shape index (κ2) is 9.80. The van der Waals surface area contributed by atoms with Crippen LogP contribution >= 0.6 is 0 Å². The number of rotatable bonds is 9. The first-order chi connectivity index (χ1) is 15.1. The maximum Gasteiger partial charge on any atom is 0.242 e. The van der Waals surface area contributed by atoms with E-state index >= 15 is 0 Å². The standard InChI is InChI=1S/C26H37N3O3/c1-19(2)28(25(31)21-12-13-21)18-24(30)29(26(3,4)5)17-22-10-8-14-27(22)16-20-9-7-11-23(15-20)32-6/h7-11,14-15,19,21H,12-13,16-18H2,1-6H3. The molecule has 1 fully saturated rings. The molecule has 2 amide bonds. The largest absolute Gasteiger partial charge is 0.497 e. The fourth-order valence-electron chi connectivity index (χ4n) is 3.89. The highest BCUT2D eigenvalue weighted by atomic mass is 16.5. The molecule has 0 radical (unpaired) electrons. The lowest BCUT2D eigenvalue weighted by molar-refractivity contribution is -0.146. The van der Waals surface area contributed by atoms with E-state index < -0.39 is 0 Å². The summed E-state index contributed by atoms with van der Waals surface area (Å²) in [5, 5.41) is 0. The fraction of sp³-hybridized carbons (Fsp3) is 0.538. The zero-order chi connectivity index (χ0) is 23.5. The van der Waals surface area contributed by atoms with Gasteiger partial charge in [-0.05, 0) is 77.3 Å². The Labute approximate surface area is 192 Å².